The van der Waals surface area contributed by atoms with Crippen LogP contribution in [-0.2, 0) is 15.3 Å². The average Bonchev–Trinajstić information content (AvgIpc) is 2.54. The third-order valence-corrected chi connectivity index (χ3v) is 4.58. The van der Waals surface area contributed by atoms with E-state index in [9.17, 15) is 4.21 Å². The Labute approximate surface area is 135 Å². The van der Waals surface area contributed by atoms with Crippen LogP contribution in [0.5, 0.6) is 0 Å². The third-order valence-electron chi connectivity index (χ3n) is 3.25. The third kappa shape index (κ3) is 5.05. The van der Waals surface area contributed by atoms with Gasteiger partial charge in [-0.3, -0.25) is 4.18 Å². The molecule has 3 nitrogen and oxygen atoms in total. The van der Waals surface area contributed by atoms with Crippen molar-refractivity contribution in [2.24, 2.45) is 0 Å². The predicted molar refractivity (Wildman–Crippen MR) is 92.0 cm³/mol. The molecule has 0 aliphatic heterocycles. The van der Waals surface area contributed by atoms with Gasteiger partial charge in [-0.25, -0.2) is 4.21 Å². The topological polar surface area (TPSA) is 38.3 Å². The molecule has 0 heterocycles. The SMILES string of the molecule is CC(C)NCCO[S@](=O)C(c1ccccc1)c1ccccc1. The van der Waals surface area contributed by atoms with Crippen molar-refractivity contribution in [1.82, 2.24) is 5.32 Å². The van der Waals surface area contributed by atoms with E-state index in [1.165, 1.54) is 0 Å². The summed E-state index contributed by atoms with van der Waals surface area (Å²) in [4.78, 5) is 0. The molecule has 2 aromatic carbocycles. The Morgan fingerprint density at radius 3 is 1.91 bits per heavy atom. The summed E-state index contributed by atoms with van der Waals surface area (Å²) in [5, 5.41) is 3.00. The fourth-order valence-corrected chi connectivity index (χ4v) is 3.35. The first-order valence-corrected chi connectivity index (χ1v) is 8.69. The molecule has 1 N–H and O–H groups in total. The maximum absolute atomic E-state index is 12.6. The Hall–Kier alpha value is -1.49. The molecule has 2 aromatic rings. The fourth-order valence-electron chi connectivity index (χ4n) is 2.21. The van der Waals surface area contributed by atoms with E-state index in [1.807, 2.05) is 60.7 Å². The number of hydrogen-bond acceptors (Lipinski definition) is 3. The standard InChI is InChI=1S/C18H23NO2S/c1-15(2)19-13-14-21-22(20)18(16-9-5-3-6-10-16)17-11-7-4-8-12-17/h3-12,15,18-19H,13-14H2,1-2H3/t22-/m0/s1. The lowest BCUT2D eigenvalue weighted by atomic mass is 10.0. The van der Waals surface area contributed by atoms with Gasteiger partial charge in [-0.15, -0.1) is 0 Å². The zero-order valence-electron chi connectivity index (χ0n) is 13.1. The summed E-state index contributed by atoms with van der Waals surface area (Å²) in [6, 6.07) is 20.1. The highest BCUT2D eigenvalue weighted by Crippen LogP contribution is 2.28. The van der Waals surface area contributed by atoms with E-state index in [4.69, 9.17) is 4.18 Å². The van der Waals surface area contributed by atoms with Crippen molar-refractivity contribution in [3.05, 3.63) is 71.8 Å². The van der Waals surface area contributed by atoms with Crippen molar-refractivity contribution in [2.45, 2.75) is 25.1 Å². The number of benzene rings is 2. The van der Waals surface area contributed by atoms with Gasteiger partial charge in [-0.1, -0.05) is 74.5 Å². The molecule has 1 atom stereocenters. The van der Waals surface area contributed by atoms with E-state index in [2.05, 4.69) is 19.2 Å². The Bertz CT molecular complexity index is 533. The molecular formula is C18H23NO2S. The number of hydrogen-bond donors (Lipinski definition) is 1. The molecule has 0 aliphatic rings. The molecule has 0 unspecified atom stereocenters. The summed E-state index contributed by atoms with van der Waals surface area (Å²) in [5.41, 5.74) is 2.01. The second kappa shape index (κ2) is 8.83. The lowest BCUT2D eigenvalue weighted by Gasteiger charge is -2.17. The van der Waals surface area contributed by atoms with Gasteiger partial charge in [0, 0.05) is 12.6 Å². The largest absolute Gasteiger partial charge is 0.312 e. The van der Waals surface area contributed by atoms with E-state index in [-0.39, 0.29) is 5.25 Å². The highest BCUT2D eigenvalue weighted by molar-refractivity contribution is 7.80. The maximum atomic E-state index is 12.6. The quantitative estimate of drug-likeness (QED) is 0.758. The summed E-state index contributed by atoms with van der Waals surface area (Å²) >= 11 is -1.41. The molecule has 0 aromatic heterocycles. The second-order valence-corrected chi connectivity index (χ2v) is 6.62. The minimum Gasteiger partial charge on any atom is -0.312 e. The van der Waals surface area contributed by atoms with Gasteiger partial charge in [0.1, 0.15) is 5.25 Å². The minimum absolute atomic E-state index is 0.263. The number of nitrogens with one attached hydrogen (secondary N) is 1. The van der Waals surface area contributed by atoms with Crippen LogP contribution in [0.1, 0.15) is 30.2 Å². The van der Waals surface area contributed by atoms with Gasteiger partial charge in [0.25, 0.3) is 0 Å². The molecule has 118 valence electrons. The first-order valence-electron chi connectivity index (χ1n) is 7.55. The monoisotopic (exact) mass is 317 g/mol. The Morgan fingerprint density at radius 2 is 1.45 bits per heavy atom. The molecule has 0 aliphatic carbocycles. The molecule has 0 saturated heterocycles. The van der Waals surface area contributed by atoms with Crippen LogP contribution >= 0.6 is 0 Å². The Kier molecular flexibility index (Phi) is 6.77. The van der Waals surface area contributed by atoms with Gasteiger partial charge >= 0.3 is 0 Å². The van der Waals surface area contributed by atoms with E-state index >= 15 is 0 Å². The summed E-state index contributed by atoms with van der Waals surface area (Å²) in [6.45, 7) is 5.28. The van der Waals surface area contributed by atoms with Crippen LogP contribution in [0.2, 0.25) is 0 Å². The normalized spacial score (nSPS) is 12.7. The van der Waals surface area contributed by atoms with Crippen LogP contribution in [0.4, 0.5) is 0 Å². The molecule has 4 heteroatoms. The first-order chi connectivity index (χ1) is 10.7. The van der Waals surface area contributed by atoms with Gasteiger partial charge in [-0.05, 0) is 11.1 Å². The molecule has 0 radical (unpaired) electrons. The van der Waals surface area contributed by atoms with Gasteiger partial charge < -0.3 is 5.32 Å². The maximum Gasteiger partial charge on any atom is 0.167 e. The smallest absolute Gasteiger partial charge is 0.167 e. The van der Waals surface area contributed by atoms with Gasteiger partial charge in [0.2, 0.25) is 0 Å². The highest BCUT2D eigenvalue weighted by Gasteiger charge is 2.22. The van der Waals surface area contributed by atoms with Crippen molar-refractivity contribution < 1.29 is 8.39 Å². The van der Waals surface area contributed by atoms with Crippen molar-refractivity contribution in [3.63, 3.8) is 0 Å². The zero-order valence-corrected chi connectivity index (χ0v) is 13.9. The van der Waals surface area contributed by atoms with Gasteiger partial charge in [0.05, 0.1) is 6.61 Å². The summed E-state index contributed by atoms with van der Waals surface area (Å²) in [5.74, 6) is 0. The van der Waals surface area contributed by atoms with E-state index in [0.717, 1.165) is 11.1 Å². The van der Waals surface area contributed by atoms with Gasteiger partial charge in [0.15, 0.2) is 11.1 Å². The Balaban J connectivity index is 2.10. The van der Waals surface area contributed by atoms with E-state index in [1.54, 1.807) is 0 Å². The molecular weight excluding hydrogens is 294 g/mol. The van der Waals surface area contributed by atoms with Crippen LogP contribution in [0.3, 0.4) is 0 Å². The molecule has 0 spiro atoms. The molecule has 0 saturated carbocycles. The summed E-state index contributed by atoms with van der Waals surface area (Å²) in [7, 11) is 0. The fraction of sp³-hybridized carbons (Fsp3) is 0.333. The van der Waals surface area contributed by atoms with E-state index < -0.39 is 11.1 Å². The van der Waals surface area contributed by atoms with Crippen LogP contribution < -0.4 is 5.32 Å². The van der Waals surface area contributed by atoms with Crippen molar-refractivity contribution in [1.29, 1.82) is 0 Å². The van der Waals surface area contributed by atoms with Crippen LogP contribution in [-0.4, -0.2) is 23.4 Å². The predicted octanol–water partition coefficient (Wildman–Crippen LogP) is 3.45. The van der Waals surface area contributed by atoms with Crippen molar-refractivity contribution in [2.75, 3.05) is 13.2 Å². The van der Waals surface area contributed by atoms with Crippen LogP contribution in [0, 0.1) is 0 Å². The zero-order chi connectivity index (χ0) is 15.8. The highest BCUT2D eigenvalue weighted by atomic mass is 32.2. The first kappa shape index (κ1) is 16.9. The van der Waals surface area contributed by atoms with Crippen LogP contribution in [0.25, 0.3) is 0 Å². The van der Waals surface area contributed by atoms with Gasteiger partial charge in [-0.2, -0.15) is 0 Å². The molecule has 22 heavy (non-hydrogen) atoms. The van der Waals surface area contributed by atoms with Crippen LogP contribution in [0.15, 0.2) is 60.7 Å². The summed E-state index contributed by atoms with van der Waals surface area (Å²) < 4.78 is 18.2. The summed E-state index contributed by atoms with van der Waals surface area (Å²) in [6.07, 6.45) is 0. The molecule has 0 amide bonds. The average molecular weight is 317 g/mol. The lowest BCUT2D eigenvalue weighted by Crippen LogP contribution is -2.27. The molecule has 0 bridgehead atoms. The second-order valence-electron chi connectivity index (χ2n) is 5.39. The lowest BCUT2D eigenvalue weighted by molar-refractivity contribution is 0.333. The molecule has 0 fully saturated rings. The van der Waals surface area contributed by atoms with Crippen molar-refractivity contribution in [3.8, 4) is 0 Å². The van der Waals surface area contributed by atoms with E-state index in [0.29, 0.717) is 19.2 Å². The minimum atomic E-state index is -1.41. The van der Waals surface area contributed by atoms with Crippen molar-refractivity contribution >= 4 is 11.1 Å². The molecule has 2 rings (SSSR count). The Morgan fingerprint density at radius 1 is 0.955 bits per heavy atom. The number of rotatable bonds is 8.